The Morgan fingerprint density at radius 2 is 1.40 bits per heavy atom. The molecule has 1 amide bonds. The average molecular weight is 1240 g/mol. The van der Waals surface area contributed by atoms with Gasteiger partial charge in [0.15, 0.2) is 19.5 Å². The quantitative estimate of drug-likeness (QED) is 0.0650. The van der Waals surface area contributed by atoms with E-state index in [0.29, 0.717) is 82.9 Å². The Hall–Kier alpha value is -5.38. The highest BCUT2D eigenvalue weighted by atomic mass is 16.7. The Balaban J connectivity index is 1.06. The second-order valence-electron chi connectivity index (χ2n) is 23.5. The number of rotatable bonds is 14. The zero-order valence-corrected chi connectivity index (χ0v) is 51.4. The van der Waals surface area contributed by atoms with Gasteiger partial charge in [0.05, 0.1) is 63.2 Å². The van der Waals surface area contributed by atoms with E-state index in [4.69, 9.17) is 64.0 Å². The van der Waals surface area contributed by atoms with Gasteiger partial charge in [0.1, 0.15) is 54.8 Å². The van der Waals surface area contributed by atoms with Crippen LogP contribution in [0, 0.1) is 23.7 Å². The van der Waals surface area contributed by atoms with Crippen LogP contribution in [0.4, 0.5) is 0 Å². The summed E-state index contributed by atoms with van der Waals surface area (Å²) in [7, 11) is 3.35. The average Bonchev–Trinajstić information content (AvgIpc) is 0.734. The van der Waals surface area contributed by atoms with Crippen molar-refractivity contribution in [3.63, 3.8) is 0 Å². The molecule has 88 heavy (non-hydrogen) atoms. The lowest BCUT2D eigenvalue weighted by Crippen LogP contribution is -2.56. The van der Waals surface area contributed by atoms with Crippen LogP contribution in [-0.4, -0.2) is 253 Å². The van der Waals surface area contributed by atoms with E-state index in [1.165, 1.54) is 19.2 Å². The van der Waals surface area contributed by atoms with E-state index in [2.05, 4.69) is 21.3 Å². The van der Waals surface area contributed by atoms with Crippen molar-refractivity contribution in [3.05, 3.63) is 47.5 Å². The predicted octanol–water partition coefficient (Wildman–Crippen LogP) is -0.568. The first-order chi connectivity index (χ1) is 42.5. The molecule has 8 aliphatic rings. The molecule has 492 valence electrons. The lowest BCUT2D eigenvalue weighted by atomic mass is 9.51. The zero-order valence-electron chi connectivity index (χ0n) is 51.4. The number of hydroxylamine groups is 2. The summed E-state index contributed by atoms with van der Waals surface area (Å²) in [5, 5.41) is 44.9. The van der Waals surface area contributed by atoms with Crippen LogP contribution >= 0.6 is 0 Å². The first kappa shape index (κ1) is 70.1. The summed E-state index contributed by atoms with van der Waals surface area (Å²) in [6, 6.07) is 9.32. The van der Waals surface area contributed by atoms with Crippen molar-refractivity contribution in [2.45, 2.75) is 114 Å². The molecule has 10 bridgehead atoms. The minimum absolute atomic E-state index is 0.0176. The SMILES string of the molecule is COCC1C=NCCN(CCO)CCNOCN(C)CONCCN(CCO)CCNC(=O)COc2ccc3c(c2)OC(=O)C2C3C3C(=O)Oc4cc(ccc4C23)OCC(=O)OC2C(COC(C=NC(CCCC(C)N)CC(C)N)O1)CC(C)C(O)C2O. The minimum Gasteiger partial charge on any atom is -0.484 e. The first-order valence-corrected chi connectivity index (χ1v) is 30.6. The molecule has 14 unspecified atom stereocenters. The molecule has 0 aromatic heterocycles. The number of aliphatic hydroxyl groups is 4. The highest BCUT2D eigenvalue weighted by Gasteiger charge is 2.64. The second kappa shape index (κ2) is 35.9. The molecule has 2 aromatic carbocycles. The molecule has 2 saturated carbocycles. The molecule has 10 rings (SSSR count). The third kappa shape index (κ3) is 20.8. The summed E-state index contributed by atoms with van der Waals surface area (Å²) < 4.78 is 47.8. The van der Waals surface area contributed by atoms with Crippen LogP contribution in [-0.2, 0) is 47.8 Å². The summed E-state index contributed by atoms with van der Waals surface area (Å²) in [5.74, 6) is -5.08. The van der Waals surface area contributed by atoms with Gasteiger partial charge in [0.25, 0.3) is 5.91 Å². The van der Waals surface area contributed by atoms with Crippen molar-refractivity contribution in [2.24, 2.45) is 45.1 Å². The fourth-order valence-electron chi connectivity index (χ4n) is 11.8. The van der Waals surface area contributed by atoms with Gasteiger partial charge in [0, 0.05) is 125 Å². The summed E-state index contributed by atoms with van der Waals surface area (Å²) in [6.45, 7) is 9.23. The van der Waals surface area contributed by atoms with Gasteiger partial charge < -0.3 is 75.1 Å². The van der Waals surface area contributed by atoms with Gasteiger partial charge >= 0.3 is 17.9 Å². The van der Waals surface area contributed by atoms with Gasteiger partial charge in [-0.2, -0.15) is 11.0 Å². The minimum atomic E-state index is -1.49. The van der Waals surface area contributed by atoms with Crippen LogP contribution in [0.1, 0.15) is 75.8 Å². The van der Waals surface area contributed by atoms with Crippen LogP contribution < -0.4 is 46.7 Å². The third-order valence-corrected chi connectivity index (χ3v) is 16.2. The van der Waals surface area contributed by atoms with Crippen molar-refractivity contribution in [2.75, 3.05) is 133 Å². The van der Waals surface area contributed by atoms with Crippen LogP contribution in [0.25, 0.3) is 0 Å². The van der Waals surface area contributed by atoms with Crippen LogP contribution in [0.5, 0.6) is 23.0 Å². The Morgan fingerprint density at radius 1 is 0.795 bits per heavy atom. The number of methoxy groups -OCH3 is 1. The molecule has 2 aliphatic carbocycles. The van der Waals surface area contributed by atoms with E-state index in [9.17, 15) is 39.6 Å². The van der Waals surface area contributed by atoms with Crippen molar-refractivity contribution >= 4 is 36.2 Å². The molecule has 28 heteroatoms. The number of nitrogens with one attached hydrogen (secondary N) is 3. The third-order valence-electron chi connectivity index (χ3n) is 16.2. The molecule has 0 spiro atoms. The molecule has 11 N–H and O–H groups in total. The number of ether oxygens (including phenoxy) is 8. The Kier molecular flexibility index (Phi) is 28.6. The Bertz CT molecular complexity index is 2560. The van der Waals surface area contributed by atoms with Gasteiger partial charge in [-0.3, -0.25) is 48.7 Å². The molecule has 14 atom stereocenters. The number of fused-ring (bicyclic) bond motifs is 2. The number of carbonyl (C=O) groups is 4. The molecule has 0 saturated heterocycles. The summed E-state index contributed by atoms with van der Waals surface area (Å²) in [5.41, 5.74) is 19.4. The van der Waals surface area contributed by atoms with E-state index >= 15 is 0 Å². The van der Waals surface area contributed by atoms with Crippen LogP contribution in [0.2, 0.25) is 0 Å². The van der Waals surface area contributed by atoms with E-state index in [0.717, 1.165) is 19.3 Å². The number of aliphatic hydroxyl groups excluding tert-OH is 4. The molecule has 6 heterocycles. The number of amides is 1. The number of carbonyl (C=O) groups excluding carboxylic acids is 4. The highest BCUT2D eigenvalue weighted by molar-refractivity contribution is 5.91. The maximum atomic E-state index is 13.8. The summed E-state index contributed by atoms with van der Waals surface area (Å²) in [6.07, 6.45) is 0.676. The number of aliphatic imine (C=N–C) groups is 2. The smallest absolute Gasteiger partial charge is 0.344 e. The molecule has 0 radical (unpaired) electrons. The van der Waals surface area contributed by atoms with Gasteiger partial charge in [-0.1, -0.05) is 19.1 Å². The van der Waals surface area contributed by atoms with Crippen LogP contribution in [0.3, 0.4) is 0 Å². The Morgan fingerprint density at radius 3 is 1.99 bits per heavy atom. The second-order valence-corrected chi connectivity index (χ2v) is 23.5. The van der Waals surface area contributed by atoms with E-state index in [1.54, 1.807) is 48.5 Å². The number of nitrogens with two attached hydrogens (primary N) is 2. The number of benzene rings is 2. The lowest BCUT2D eigenvalue weighted by molar-refractivity contribution is -0.194. The predicted molar refractivity (Wildman–Crippen MR) is 320 cm³/mol. The zero-order chi connectivity index (χ0) is 63.1. The molecule has 6 aliphatic heterocycles. The lowest BCUT2D eigenvalue weighted by Gasteiger charge is -2.53. The maximum absolute atomic E-state index is 13.8. The van der Waals surface area contributed by atoms with Gasteiger partial charge in [-0.05, 0) is 71.0 Å². The molecule has 2 fully saturated rings. The van der Waals surface area contributed by atoms with Gasteiger partial charge in [-0.15, -0.1) is 0 Å². The molecule has 28 nitrogen and oxygen atoms in total. The molecular formula is C60H94N10O18. The number of nitrogens with zero attached hydrogens (tertiary/aromatic N) is 5. The number of hydrogen-bond donors (Lipinski definition) is 9. The van der Waals surface area contributed by atoms with Crippen molar-refractivity contribution in [1.82, 2.24) is 31.0 Å². The monoisotopic (exact) mass is 1240 g/mol. The largest absolute Gasteiger partial charge is 0.484 e. The molecular weight excluding hydrogens is 1150 g/mol. The van der Waals surface area contributed by atoms with Crippen LogP contribution in [0.15, 0.2) is 46.4 Å². The Labute approximate surface area is 514 Å². The highest BCUT2D eigenvalue weighted by Crippen LogP contribution is 2.64. The van der Waals surface area contributed by atoms with Gasteiger partial charge in [0.2, 0.25) is 0 Å². The van der Waals surface area contributed by atoms with E-state index in [-0.39, 0.29) is 100 Å². The van der Waals surface area contributed by atoms with Crippen molar-refractivity contribution < 1.29 is 87.2 Å². The fourth-order valence-corrected chi connectivity index (χ4v) is 11.8. The maximum Gasteiger partial charge on any atom is 0.344 e. The van der Waals surface area contributed by atoms with E-state index < -0.39 is 90.7 Å². The number of hydrogen-bond acceptors (Lipinski definition) is 27. The van der Waals surface area contributed by atoms with Crippen molar-refractivity contribution in [3.8, 4) is 23.0 Å². The first-order valence-electron chi connectivity index (χ1n) is 30.6. The topological polar surface area (TPSA) is 364 Å². The molecule has 2 aromatic rings. The normalized spacial score (nSPS) is 29.7. The summed E-state index contributed by atoms with van der Waals surface area (Å²) in [4.78, 5) is 80.7. The number of esters is 3. The van der Waals surface area contributed by atoms with E-state index in [1.807, 2.05) is 30.7 Å². The fraction of sp³-hybridized carbons (Fsp3) is 0.700. The standard InChI is InChI=1S/C60H94N10O18/c1-37-25-40-31-82-51(30-65-41(26-39(3)62)8-6-7-38(2)61)85-44(32-79-5)29-63-13-17-69(21-23-71)19-15-66-83-35-68(4)36-84-67-16-20-70(22-24-72)18-14-64-49(73)33-80-42-9-11-45-47(27-42)86-59(77)54-52(45)55-53(54)46-12-10-43(28-48(46)87-60(55)78)81-34-50(74)88-58(40)57(76)56(37)75/h9-12,27-30,37-41,44,51-58,66-67,71-72,75-76H,6-8,13-26,31-36,61-62H2,1-5H3,(H,64,73). The summed E-state index contributed by atoms with van der Waals surface area (Å²) >= 11 is 0. The van der Waals surface area contributed by atoms with Gasteiger partial charge in [-0.25, -0.2) is 4.79 Å². The van der Waals surface area contributed by atoms with Crippen molar-refractivity contribution in [1.29, 1.82) is 0 Å².